The monoisotopic (exact) mass is 881 g/mol. The van der Waals surface area contributed by atoms with Gasteiger partial charge in [0.1, 0.15) is 0 Å². The summed E-state index contributed by atoms with van der Waals surface area (Å²) in [5.74, 6) is 0. The van der Waals surface area contributed by atoms with Crippen LogP contribution >= 0.6 is 11.3 Å². The molecule has 68 heavy (non-hydrogen) atoms. The lowest BCUT2D eigenvalue weighted by Crippen LogP contribution is -2.10. The molecular weight excluding hydrogens is 839 g/mol. The van der Waals surface area contributed by atoms with Gasteiger partial charge in [0.15, 0.2) is 0 Å². The maximum atomic E-state index is 2.41. The molecule has 1 heterocycles. The Hall–Kier alpha value is -8.56. The molecule has 0 N–H and O–H groups in total. The van der Waals surface area contributed by atoms with Gasteiger partial charge < -0.3 is 4.90 Å². The molecule has 0 aliphatic carbocycles. The van der Waals surface area contributed by atoms with Crippen molar-refractivity contribution in [2.24, 2.45) is 0 Å². The van der Waals surface area contributed by atoms with E-state index < -0.39 is 0 Å². The van der Waals surface area contributed by atoms with Gasteiger partial charge >= 0.3 is 0 Å². The van der Waals surface area contributed by atoms with Gasteiger partial charge in [0, 0.05) is 37.2 Å². The molecule has 1 aromatic heterocycles. The van der Waals surface area contributed by atoms with E-state index in [4.69, 9.17) is 0 Å². The van der Waals surface area contributed by atoms with Crippen molar-refractivity contribution in [3.05, 3.63) is 261 Å². The smallest absolute Gasteiger partial charge is 0.0467 e. The highest BCUT2D eigenvalue weighted by Crippen LogP contribution is 2.47. The first-order valence-corrected chi connectivity index (χ1v) is 24.1. The molecule has 0 bridgehead atoms. The van der Waals surface area contributed by atoms with Crippen molar-refractivity contribution < 1.29 is 0 Å². The summed E-state index contributed by atoms with van der Waals surface area (Å²) in [6.45, 7) is 0. The van der Waals surface area contributed by atoms with Crippen LogP contribution in [0.25, 0.3) is 108 Å². The quantitative estimate of drug-likeness (QED) is 0.137. The third-order valence-corrected chi connectivity index (χ3v) is 14.8. The number of fused-ring (bicyclic) bond motifs is 7. The largest absolute Gasteiger partial charge is 0.310 e. The first-order valence-electron chi connectivity index (χ1n) is 23.3. The minimum absolute atomic E-state index is 1.09. The molecule has 13 aromatic rings. The minimum Gasteiger partial charge on any atom is -0.310 e. The van der Waals surface area contributed by atoms with E-state index in [-0.39, 0.29) is 0 Å². The molecule has 0 saturated heterocycles. The first-order chi connectivity index (χ1) is 33.7. The van der Waals surface area contributed by atoms with Gasteiger partial charge in [0.25, 0.3) is 0 Å². The molecule has 0 aliphatic rings. The molecule has 1 nitrogen and oxygen atoms in total. The van der Waals surface area contributed by atoms with Gasteiger partial charge in [0.05, 0.1) is 0 Å². The lowest BCUT2D eigenvalue weighted by molar-refractivity contribution is 1.28. The number of rotatable bonds is 8. The van der Waals surface area contributed by atoms with E-state index in [1.54, 1.807) is 0 Å². The molecule has 12 aromatic carbocycles. The lowest BCUT2D eigenvalue weighted by Gasteiger charge is -2.27. The Kier molecular flexibility index (Phi) is 9.77. The standard InChI is InChI=1S/C66H43NS/c1-3-17-46(18-4-1)64-60-28-10-9-26-57(60)58-39-36-51(43-62(58)65(64)47-19-5-2-6-20-47)45-34-37-53(38-35-45)67(54-24-13-22-49(41-54)50-33-32-44-16-7-8-21-48(44)40-50)55-25-14-23-52(42-55)56-29-15-30-61-59-27-11-12-31-63(59)68-66(56)61/h1-43H. The molecule has 318 valence electrons. The highest BCUT2D eigenvalue weighted by molar-refractivity contribution is 7.26. The molecule has 2 heteroatoms. The molecule has 0 aliphatic heterocycles. The van der Waals surface area contributed by atoms with E-state index in [1.807, 2.05) is 11.3 Å². The van der Waals surface area contributed by atoms with Gasteiger partial charge in [-0.1, -0.05) is 206 Å². The summed E-state index contributed by atoms with van der Waals surface area (Å²) < 4.78 is 2.63. The van der Waals surface area contributed by atoms with Crippen molar-refractivity contribution >= 4 is 80.9 Å². The van der Waals surface area contributed by atoms with E-state index >= 15 is 0 Å². The van der Waals surface area contributed by atoms with Crippen LogP contribution in [0.15, 0.2) is 261 Å². The SMILES string of the molecule is c1ccc(-c2c(-c3ccccc3)c3cc(-c4ccc(N(c5cccc(-c6ccc7ccccc7c6)c5)c5cccc(-c6cccc7c6sc6ccccc67)c5)cc4)ccc3c3ccccc23)cc1. The van der Waals surface area contributed by atoms with E-state index in [0.717, 1.165) is 17.1 Å². The van der Waals surface area contributed by atoms with E-state index in [9.17, 15) is 0 Å². The zero-order valence-electron chi connectivity index (χ0n) is 37.2. The maximum absolute atomic E-state index is 2.41. The maximum Gasteiger partial charge on any atom is 0.0467 e. The Balaban J connectivity index is 0.961. The van der Waals surface area contributed by atoms with Crippen LogP contribution in [0.2, 0.25) is 0 Å². The van der Waals surface area contributed by atoms with Crippen molar-refractivity contribution in [3.63, 3.8) is 0 Å². The van der Waals surface area contributed by atoms with Crippen molar-refractivity contribution in [1.82, 2.24) is 0 Å². The summed E-state index contributed by atoms with van der Waals surface area (Å²) in [6.07, 6.45) is 0. The molecule has 0 spiro atoms. The second kappa shape index (κ2) is 16.7. The molecule has 0 saturated carbocycles. The fourth-order valence-corrected chi connectivity index (χ4v) is 11.6. The summed E-state index contributed by atoms with van der Waals surface area (Å²) in [5, 5.41) is 10.1. The first kappa shape index (κ1) is 39.8. The normalized spacial score (nSPS) is 11.5. The summed E-state index contributed by atoms with van der Waals surface area (Å²) in [7, 11) is 0. The van der Waals surface area contributed by atoms with E-state index in [2.05, 4.69) is 266 Å². The molecule has 0 atom stereocenters. The highest BCUT2D eigenvalue weighted by atomic mass is 32.1. The second-order valence-electron chi connectivity index (χ2n) is 17.6. The number of anilines is 3. The van der Waals surface area contributed by atoms with Gasteiger partial charge in [-0.25, -0.2) is 0 Å². The van der Waals surface area contributed by atoms with Crippen LogP contribution in [0.4, 0.5) is 17.1 Å². The fourth-order valence-electron chi connectivity index (χ4n) is 10.4. The molecule has 13 rings (SSSR count). The molecule has 0 radical (unpaired) electrons. The topological polar surface area (TPSA) is 3.24 Å². The van der Waals surface area contributed by atoms with Crippen molar-refractivity contribution in [2.45, 2.75) is 0 Å². The van der Waals surface area contributed by atoms with Crippen LogP contribution in [-0.2, 0) is 0 Å². The Morgan fingerprint density at radius 1 is 0.250 bits per heavy atom. The number of thiophene rings is 1. The van der Waals surface area contributed by atoms with Crippen LogP contribution in [0, 0.1) is 0 Å². The number of benzene rings is 12. The Labute approximate surface area is 400 Å². The van der Waals surface area contributed by atoms with Crippen LogP contribution < -0.4 is 4.90 Å². The molecule has 0 fully saturated rings. The average Bonchev–Trinajstić information content (AvgIpc) is 3.80. The predicted octanol–water partition coefficient (Wildman–Crippen LogP) is 19.3. The van der Waals surface area contributed by atoms with Gasteiger partial charge in [-0.15, -0.1) is 11.3 Å². The third-order valence-electron chi connectivity index (χ3n) is 13.6. The van der Waals surface area contributed by atoms with Crippen LogP contribution in [0.3, 0.4) is 0 Å². The minimum atomic E-state index is 1.09. The second-order valence-corrected chi connectivity index (χ2v) is 18.7. The van der Waals surface area contributed by atoms with E-state index in [0.29, 0.717) is 0 Å². The number of nitrogens with zero attached hydrogens (tertiary/aromatic N) is 1. The summed E-state index contributed by atoms with van der Waals surface area (Å²) in [5.41, 5.74) is 15.4. The van der Waals surface area contributed by atoms with Crippen LogP contribution in [0.1, 0.15) is 0 Å². The Bertz CT molecular complexity index is 4020. The summed E-state index contributed by atoms with van der Waals surface area (Å²) in [6, 6.07) is 95.8. The Morgan fingerprint density at radius 3 is 1.53 bits per heavy atom. The van der Waals surface area contributed by atoms with Gasteiger partial charge in [-0.05, 0) is 143 Å². The van der Waals surface area contributed by atoms with Crippen LogP contribution in [-0.4, -0.2) is 0 Å². The van der Waals surface area contributed by atoms with Crippen molar-refractivity contribution in [1.29, 1.82) is 0 Å². The molecule has 0 unspecified atom stereocenters. The highest BCUT2D eigenvalue weighted by Gasteiger charge is 2.20. The third kappa shape index (κ3) is 6.93. The molecule has 0 amide bonds. The average molecular weight is 882 g/mol. The zero-order chi connectivity index (χ0) is 45.0. The van der Waals surface area contributed by atoms with Crippen molar-refractivity contribution in [3.8, 4) is 55.6 Å². The van der Waals surface area contributed by atoms with Crippen molar-refractivity contribution in [2.75, 3.05) is 4.90 Å². The van der Waals surface area contributed by atoms with E-state index in [1.165, 1.54) is 108 Å². The lowest BCUT2D eigenvalue weighted by atomic mass is 9.84. The summed E-state index contributed by atoms with van der Waals surface area (Å²) >= 11 is 1.88. The fraction of sp³-hybridized carbons (Fsp3) is 0. The summed E-state index contributed by atoms with van der Waals surface area (Å²) in [4.78, 5) is 2.41. The number of hydrogen-bond acceptors (Lipinski definition) is 2. The van der Waals surface area contributed by atoms with Crippen LogP contribution in [0.5, 0.6) is 0 Å². The van der Waals surface area contributed by atoms with Gasteiger partial charge in [-0.2, -0.15) is 0 Å². The van der Waals surface area contributed by atoms with Gasteiger partial charge in [-0.3, -0.25) is 0 Å². The number of hydrogen-bond donors (Lipinski definition) is 0. The predicted molar refractivity (Wildman–Crippen MR) is 294 cm³/mol. The van der Waals surface area contributed by atoms with Gasteiger partial charge in [0.2, 0.25) is 0 Å². The zero-order valence-corrected chi connectivity index (χ0v) is 38.0. The Morgan fingerprint density at radius 2 is 0.765 bits per heavy atom. The molecular formula is C66H43NS.